The highest BCUT2D eigenvalue weighted by atomic mass is 16.6. The predicted molar refractivity (Wildman–Crippen MR) is 111 cm³/mol. The van der Waals surface area contributed by atoms with Crippen LogP contribution in [0.3, 0.4) is 0 Å². The van der Waals surface area contributed by atoms with Gasteiger partial charge in [0.2, 0.25) is 0 Å². The summed E-state index contributed by atoms with van der Waals surface area (Å²) in [6, 6.07) is 12.1. The van der Waals surface area contributed by atoms with Crippen LogP contribution in [0.4, 0.5) is 0 Å². The van der Waals surface area contributed by atoms with Gasteiger partial charge in [-0.25, -0.2) is 4.79 Å². The van der Waals surface area contributed by atoms with Crippen molar-refractivity contribution < 1.29 is 37.8 Å². The Morgan fingerprint density at radius 3 is 2.42 bits per heavy atom. The highest BCUT2D eigenvalue weighted by Gasteiger charge is 2.36. The average Bonchev–Trinajstić information content (AvgIpc) is 3.44. The van der Waals surface area contributed by atoms with Crippen LogP contribution >= 0.6 is 0 Å². The van der Waals surface area contributed by atoms with Crippen molar-refractivity contribution in [3.63, 3.8) is 0 Å². The van der Waals surface area contributed by atoms with Crippen LogP contribution in [0.25, 0.3) is 0 Å². The Balaban J connectivity index is 1.26. The Labute approximate surface area is 187 Å². The minimum Gasteiger partial charge on any atom is -0.486 e. The minimum atomic E-state index is -0.784. The van der Waals surface area contributed by atoms with E-state index in [9.17, 15) is 19.2 Å². The number of nitrogens with zero attached hydrogens (tertiary/aromatic N) is 1. The van der Waals surface area contributed by atoms with Crippen LogP contribution in [-0.2, 0) is 11.3 Å². The van der Waals surface area contributed by atoms with E-state index < -0.39 is 30.2 Å². The van der Waals surface area contributed by atoms with Crippen molar-refractivity contribution in [3.05, 3.63) is 82.8 Å². The lowest BCUT2D eigenvalue weighted by molar-refractivity contribution is 0.0474. The molecule has 3 heterocycles. The Kier molecular flexibility index (Phi) is 5.14. The molecule has 0 fully saturated rings. The van der Waals surface area contributed by atoms with E-state index in [1.165, 1.54) is 30.5 Å². The van der Waals surface area contributed by atoms with Crippen molar-refractivity contribution in [1.29, 1.82) is 0 Å². The monoisotopic (exact) mass is 447 g/mol. The topological polar surface area (TPSA) is 112 Å². The molecule has 0 unspecified atom stereocenters. The maximum absolute atomic E-state index is 12.7. The minimum absolute atomic E-state index is 0.0108. The first-order valence-corrected chi connectivity index (χ1v) is 10.1. The zero-order valence-corrected chi connectivity index (χ0v) is 17.2. The molecule has 5 rings (SSSR count). The van der Waals surface area contributed by atoms with E-state index >= 15 is 0 Å². The predicted octanol–water partition coefficient (Wildman–Crippen LogP) is 2.89. The lowest BCUT2D eigenvalue weighted by atomic mass is 10.1. The van der Waals surface area contributed by atoms with Crippen LogP contribution in [0.15, 0.2) is 59.2 Å². The third-order valence-corrected chi connectivity index (χ3v) is 5.30. The Bertz CT molecular complexity index is 1280. The van der Waals surface area contributed by atoms with Crippen molar-refractivity contribution in [3.8, 4) is 11.5 Å². The van der Waals surface area contributed by atoms with Gasteiger partial charge in [-0.05, 0) is 48.5 Å². The fourth-order valence-electron chi connectivity index (χ4n) is 3.63. The third kappa shape index (κ3) is 3.84. The number of ether oxygens (including phenoxy) is 3. The highest BCUT2D eigenvalue weighted by Crippen LogP contribution is 2.31. The zero-order valence-electron chi connectivity index (χ0n) is 17.2. The first-order chi connectivity index (χ1) is 16.0. The molecule has 0 saturated heterocycles. The molecule has 0 spiro atoms. The fourth-order valence-corrected chi connectivity index (χ4v) is 3.63. The number of hydrogen-bond donors (Lipinski definition) is 0. The van der Waals surface area contributed by atoms with Crippen LogP contribution in [-0.4, -0.2) is 48.3 Å². The smallest absolute Gasteiger partial charge is 0.338 e. The van der Waals surface area contributed by atoms with E-state index in [1.807, 2.05) is 0 Å². The van der Waals surface area contributed by atoms with Gasteiger partial charge in [-0.1, -0.05) is 0 Å². The maximum atomic E-state index is 12.7. The number of carbonyl (C=O) groups is 4. The number of rotatable bonds is 6. The molecule has 1 aromatic heterocycles. The van der Waals surface area contributed by atoms with Crippen LogP contribution in [0.2, 0.25) is 0 Å². The summed E-state index contributed by atoms with van der Waals surface area (Å²) in [6.07, 6.45) is 1.45. The molecule has 2 amide bonds. The summed E-state index contributed by atoms with van der Waals surface area (Å²) >= 11 is 0. The molecular weight excluding hydrogens is 430 g/mol. The third-order valence-electron chi connectivity index (χ3n) is 5.30. The number of Topliss-reactive ketones (excluding diaryl/α,β-unsaturated/α-hetero) is 1. The highest BCUT2D eigenvalue weighted by molar-refractivity contribution is 6.21. The van der Waals surface area contributed by atoms with Crippen LogP contribution in [0, 0.1) is 0 Å². The zero-order chi connectivity index (χ0) is 22.9. The first kappa shape index (κ1) is 20.5. The van der Waals surface area contributed by atoms with E-state index in [0.717, 1.165) is 4.90 Å². The first-order valence-electron chi connectivity index (χ1n) is 10.1. The van der Waals surface area contributed by atoms with Crippen LogP contribution in [0.5, 0.6) is 11.5 Å². The van der Waals surface area contributed by atoms with Gasteiger partial charge >= 0.3 is 5.97 Å². The van der Waals surface area contributed by atoms with Gasteiger partial charge in [-0.15, -0.1) is 0 Å². The number of fused-ring (bicyclic) bond motifs is 2. The van der Waals surface area contributed by atoms with E-state index in [1.54, 1.807) is 24.3 Å². The van der Waals surface area contributed by atoms with Gasteiger partial charge in [0.25, 0.3) is 11.8 Å². The number of esters is 1. The van der Waals surface area contributed by atoms with Gasteiger partial charge in [0.15, 0.2) is 23.9 Å². The molecule has 0 radical (unpaired) electrons. The van der Waals surface area contributed by atoms with E-state index in [-0.39, 0.29) is 23.2 Å². The molecule has 0 aliphatic carbocycles. The summed E-state index contributed by atoms with van der Waals surface area (Å²) in [6.45, 7) is 0.321. The summed E-state index contributed by atoms with van der Waals surface area (Å²) in [4.78, 5) is 51.3. The SMILES string of the molecule is O=C(COC(=O)c1ccc2c(c1)C(=O)N(Cc1ccco1)C2=O)c1ccc2c(c1)OCCO2. The molecule has 0 N–H and O–H groups in total. The van der Waals surface area contributed by atoms with Crippen molar-refractivity contribution >= 4 is 23.6 Å². The quantitative estimate of drug-likeness (QED) is 0.322. The lowest BCUT2D eigenvalue weighted by Gasteiger charge is -2.18. The molecular formula is C24H17NO8. The summed E-state index contributed by atoms with van der Waals surface area (Å²) in [5.74, 6) is -0.742. The Morgan fingerprint density at radius 1 is 0.879 bits per heavy atom. The average molecular weight is 447 g/mol. The molecule has 33 heavy (non-hydrogen) atoms. The lowest BCUT2D eigenvalue weighted by Crippen LogP contribution is -2.28. The van der Waals surface area contributed by atoms with Gasteiger partial charge < -0.3 is 18.6 Å². The second-order valence-electron chi connectivity index (χ2n) is 7.39. The van der Waals surface area contributed by atoms with E-state index in [0.29, 0.717) is 36.0 Å². The summed E-state index contributed by atoms with van der Waals surface area (Å²) in [5, 5.41) is 0. The van der Waals surface area contributed by atoms with Crippen LogP contribution < -0.4 is 9.47 Å². The normalized spacial score (nSPS) is 14.2. The summed E-state index contributed by atoms with van der Waals surface area (Å²) in [7, 11) is 0. The number of furan rings is 1. The number of imide groups is 1. The molecule has 2 aliphatic heterocycles. The second-order valence-corrected chi connectivity index (χ2v) is 7.39. The van der Waals surface area contributed by atoms with Gasteiger partial charge in [-0.2, -0.15) is 0 Å². The van der Waals surface area contributed by atoms with Crippen molar-refractivity contribution in [1.82, 2.24) is 4.90 Å². The second kappa shape index (κ2) is 8.27. The van der Waals surface area contributed by atoms with E-state index in [4.69, 9.17) is 18.6 Å². The van der Waals surface area contributed by atoms with Crippen LogP contribution in [0.1, 0.15) is 47.2 Å². The fraction of sp³-hybridized carbons (Fsp3) is 0.167. The molecule has 9 heteroatoms. The maximum Gasteiger partial charge on any atom is 0.338 e. The number of ketones is 1. The molecule has 166 valence electrons. The van der Waals surface area contributed by atoms with Crippen molar-refractivity contribution in [2.75, 3.05) is 19.8 Å². The number of carbonyl (C=O) groups excluding carboxylic acids is 4. The Morgan fingerprint density at radius 2 is 1.64 bits per heavy atom. The van der Waals surface area contributed by atoms with Crippen molar-refractivity contribution in [2.45, 2.75) is 6.54 Å². The van der Waals surface area contributed by atoms with Crippen molar-refractivity contribution in [2.24, 2.45) is 0 Å². The molecule has 0 saturated carbocycles. The number of hydrogen-bond acceptors (Lipinski definition) is 8. The van der Waals surface area contributed by atoms with E-state index in [2.05, 4.69) is 0 Å². The largest absolute Gasteiger partial charge is 0.486 e. The molecule has 2 aliphatic rings. The molecule has 9 nitrogen and oxygen atoms in total. The molecule has 0 atom stereocenters. The molecule has 0 bridgehead atoms. The molecule has 2 aromatic carbocycles. The summed E-state index contributed by atoms with van der Waals surface area (Å²) in [5.41, 5.74) is 0.662. The molecule has 3 aromatic rings. The van der Waals surface area contributed by atoms with Gasteiger partial charge in [-0.3, -0.25) is 19.3 Å². The number of amides is 2. The van der Waals surface area contributed by atoms with Gasteiger partial charge in [0, 0.05) is 5.56 Å². The standard InChI is InChI=1S/C24H17NO8/c26-19(14-4-6-20-21(11-14)32-9-8-31-20)13-33-24(29)15-3-5-17-18(10-15)23(28)25(22(17)27)12-16-2-1-7-30-16/h1-7,10-11H,8-9,12-13H2. The van der Waals surface area contributed by atoms with Gasteiger partial charge in [0.05, 0.1) is 29.5 Å². The number of benzene rings is 2. The summed E-state index contributed by atoms with van der Waals surface area (Å²) < 4.78 is 21.2. The van der Waals surface area contributed by atoms with Gasteiger partial charge in [0.1, 0.15) is 19.0 Å². The Hall–Kier alpha value is -4.40.